The van der Waals surface area contributed by atoms with E-state index in [1.165, 1.54) is 0 Å². The average Bonchev–Trinajstić information content (AvgIpc) is 3.09. The number of urea groups is 1. The maximum Gasteiger partial charge on any atom is 0.315 e. The van der Waals surface area contributed by atoms with Crippen molar-refractivity contribution in [1.82, 2.24) is 26.2 Å². The lowest BCUT2D eigenvalue weighted by Gasteiger charge is -2.36. The second-order valence-electron chi connectivity index (χ2n) is 13.2. The highest BCUT2D eigenvalue weighted by Gasteiger charge is 2.38. The van der Waals surface area contributed by atoms with Gasteiger partial charge in [-0.3, -0.25) is 14.4 Å². The molecule has 2 unspecified atom stereocenters. The Hall–Kier alpha value is -3.73. The Morgan fingerprint density at radius 2 is 1.74 bits per heavy atom. The number of benzene rings is 2. The van der Waals surface area contributed by atoms with Crippen molar-refractivity contribution in [3.63, 3.8) is 0 Å². The Bertz CT molecular complexity index is 1390. The minimum atomic E-state index is -1.29. The van der Waals surface area contributed by atoms with Gasteiger partial charge in [-0.1, -0.05) is 55.7 Å². The average molecular weight is 664 g/mol. The number of thiol groups is 1. The summed E-state index contributed by atoms with van der Waals surface area (Å²) in [7, 11) is 0. The normalized spacial score (nSPS) is 25.0. The van der Waals surface area contributed by atoms with Crippen LogP contribution in [-0.2, 0) is 27.3 Å². The van der Waals surface area contributed by atoms with Gasteiger partial charge in [-0.2, -0.15) is 12.6 Å². The SMILES string of the molecule is Cc1ccc2cc1CNC(=O)[C@H](CCc1ccccc1)NC(=O)[C@@H](NC(=O)NC1CCCCC1)C(S)C(=O)N1CCCC(CCO2)C1. The molecule has 4 bridgehead atoms. The molecule has 3 aliphatic rings. The number of amides is 5. The summed E-state index contributed by atoms with van der Waals surface area (Å²) in [6, 6.07) is 12.9. The monoisotopic (exact) mass is 663 g/mol. The van der Waals surface area contributed by atoms with Crippen molar-refractivity contribution in [2.45, 2.75) is 101 Å². The van der Waals surface area contributed by atoms with Crippen LogP contribution in [0.25, 0.3) is 0 Å². The van der Waals surface area contributed by atoms with E-state index in [2.05, 4.69) is 33.9 Å². The zero-order valence-corrected chi connectivity index (χ0v) is 28.2. The smallest absolute Gasteiger partial charge is 0.315 e. The summed E-state index contributed by atoms with van der Waals surface area (Å²) in [5.41, 5.74) is 2.97. The van der Waals surface area contributed by atoms with Crippen LogP contribution in [-0.4, -0.2) is 71.7 Å². The number of ether oxygens (including phenoxy) is 1. The lowest BCUT2D eigenvalue weighted by Crippen LogP contribution is -2.61. The number of hydrogen-bond acceptors (Lipinski definition) is 6. The maximum absolute atomic E-state index is 14.1. The van der Waals surface area contributed by atoms with Crippen molar-refractivity contribution in [2.75, 3.05) is 19.7 Å². The molecular formula is C36H49N5O5S. The molecular weight excluding hydrogens is 614 g/mol. The molecule has 4 N–H and O–H groups in total. The van der Waals surface area contributed by atoms with Crippen LogP contribution >= 0.6 is 12.6 Å². The highest BCUT2D eigenvalue weighted by atomic mass is 32.1. The number of carbonyl (C=O) groups excluding carboxylic acids is 4. The lowest BCUT2D eigenvalue weighted by atomic mass is 9.94. The van der Waals surface area contributed by atoms with Gasteiger partial charge in [0, 0.05) is 25.7 Å². The molecule has 1 saturated heterocycles. The van der Waals surface area contributed by atoms with Gasteiger partial charge >= 0.3 is 6.03 Å². The Balaban J connectivity index is 1.41. The van der Waals surface area contributed by atoms with E-state index < -0.39 is 29.3 Å². The van der Waals surface area contributed by atoms with Gasteiger partial charge in [0.05, 0.1) is 6.61 Å². The zero-order valence-electron chi connectivity index (χ0n) is 27.3. The molecule has 0 aromatic heterocycles. The van der Waals surface area contributed by atoms with E-state index in [1.54, 1.807) is 4.90 Å². The molecule has 5 rings (SSSR count). The van der Waals surface area contributed by atoms with Crippen molar-refractivity contribution in [3.8, 4) is 5.75 Å². The predicted molar refractivity (Wildman–Crippen MR) is 184 cm³/mol. The third kappa shape index (κ3) is 9.89. The van der Waals surface area contributed by atoms with Crippen LogP contribution in [0.5, 0.6) is 5.75 Å². The maximum atomic E-state index is 14.1. The van der Waals surface area contributed by atoms with E-state index in [4.69, 9.17) is 4.74 Å². The largest absolute Gasteiger partial charge is 0.494 e. The zero-order chi connectivity index (χ0) is 33.2. The standard InChI is InChI=1S/C36H49N5O5S/c1-24-14-16-29-21-27(24)22-37-33(42)30(17-15-25-9-4-2-5-10-25)39-34(43)31(40-36(45)38-28-12-6-3-7-13-28)32(47)35(44)41-19-8-11-26(23-41)18-20-46-29/h2,4-5,9-10,14,16,21,26,28,30-32,47H,3,6-8,11-13,15,17-20,22-23H2,1H3,(H,37,42)(H,39,43)(H2,38,40,45)/t26?,30-,31-,32?/m0/s1. The van der Waals surface area contributed by atoms with E-state index in [9.17, 15) is 19.2 Å². The number of hydrogen-bond donors (Lipinski definition) is 5. The van der Waals surface area contributed by atoms with Crippen molar-refractivity contribution in [1.29, 1.82) is 0 Å². The molecule has 47 heavy (non-hydrogen) atoms. The molecule has 2 heterocycles. The molecule has 2 aliphatic heterocycles. The first-order chi connectivity index (χ1) is 22.8. The first kappa shape index (κ1) is 34.6. The highest BCUT2D eigenvalue weighted by molar-refractivity contribution is 7.82. The first-order valence-corrected chi connectivity index (χ1v) is 17.7. The molecule has 10 nitrogen and oxygen atoms in total. The summed E-state index contributed by atoms with van der Waals surface area (Å²) < 4.78 is 6.12. The molecule has 1 saturated carbocycles. The first-order valence-electron chi connectivity index (χ1n) is 17.1. The number of piperidine rings is 1. The van der Waals surface area contributed by atoms with E-state index in [0.29, 0.717) is 32.5 Å². The molecule has 1 aliphatic carbocycles. The highest BCUT2D eigenvalue weighted by Crippen LogP contribution is 2.24. The van der Waals surface area contributed by atoms with Gasteiger partial charge in [0.15, 0.2) is 0 Å². The molecule has 0 spiro atoms. The van der Waals surface area contributed by atoms with Crippen LogP contribution in [0, 0.1) is 12.8 Å². The van der Waals surface area contributed by atoms with Crippen LogP contribution in [0.2, 0.25) is 0 Å². The molecule has 254 valence electrons. The molecule has 5 amide bonds. The number of rotatable bonds is 5. The van der Waals surface area contributed by atoms with Gasteiger partial charge in [-0.15, -0.1) is 0 Å². The summed E-state index contributed by atoms with van der Waals surface area (Å²) in [4.78, 5) is 56.6. The molecule has 2 aromatic carbocycles. The Kier molecular flexibility index (Phi) is 12.4. The van der Waals surface area contributed by atoms with Gasteiger partial charge in [0.25, 0.3) is 0 Å². The van der Waals surface area contributed by atoms with E-state index in [1.807, 2.05) is 55.5 Å². The molecule has 11 heteroatoms. The number of nitrogens with one attached hydrogen (secondary N) is 4. The van der Waals surface area contributed by atoms with Gasteiger partial charge in [0.1, 0.15) is 23.1 Å². The molecule has 4 atom stereocenters. The Morgan fingerprint density at radius 3 is 2.53 bits per heavy atom. The minimum Gasteiger partial charge on any atom is -0.494 e. The number of carbonyl (C=O) groups is 4. The second-order valence-corrected chi connectivity index (χ2v) is 13.8. The fraction of sp³-hybridized carbons (Fsp3) is 0.556. The third-order valence-corrected chi connectivity index (χ3v) is 10.2. The van der Waals surface area contributed by atoms with Crippen LogP contribution in [0.1, 0.15) is 74.5 Å². The van der Waals surface area contributed by atoms with Crippen LogP contribution in [0.15, 0.2) is 48.5 Å². The Morgan fingerprint density at radius 1 is 0.957 bits per heavy atom. The predicted octanol–water partition coefficient (Wildman–Crippen LogP) is 4.05. The fourth-order valence-electron chi connectivity index (χ4n) is 6.80. The summed E-state index contributed by atoms with van der Waals surface area (Å²) >= 11 is 4.67. The lowest BCUT2D eigenvalue weighted by molar-refractivity contribution is -0.136. The number of aryl methyl sites for hydroxylation is 2. The van der Waals surface area contributed by atoms with E-state index in [-0.39, 0.29) is 30.3 Å². The second kappa shape index (κ2) is 16.9. The van der Waals surface area contributed by atoms with E-state index in [0.717, 1.165) is 73.8 Å². The van der Waals surface area contributed by atoms with Crippen LogP contribution in [0.3, 0.4) is 0 Å². The summed E-state index contributed by atoms with van der Waals surface area (Å²) in [6.45, 7) is 3.83. The van der Waals surface area contributed by atoms with Crippen molar-refractivity contribution in [3.05, 3.63) is 65.2 Å². The third-order valence-electron chi connectivity index (χ3n) is 9.67. The topological polar surface area (TPSA) is 129 Å². The van der Waals surface area contributed by atoms with Gasteiger partial charge in [0.2, 0.25) is 17.7 Å². The summed E-state index contributed by atoms with van der Waals surface area (Å²) in [5.74, 6) is -0.311. The van der Waals surface area contributed by atoms with E-state index >= 15 is 0 Å². The summed E-state index contributed by atoms with van der Waals surface area (Å²) in [5, 5.41) is 10.5. The van der Waals surface area contributed by atoms with Gasteiger partial charge < -0.3 is 30.9 Å². The summed E-state index contributed by atoms with van der Waals surface area (Å²) in [6.07, 6.45) is 8.40. The number of fused-ring (bicyclic) bond motifs is 4. The van der Waals surface area contributed by atoms with Crippen LogP contribution in [0.4, 0.5) is 4.79 Å². The molecule has 2 aromatic rings. The van der Waals surface area contributed by atoms with Gasteiger partial charge in [-0.25, -0.2) is 4.79 Å². The van der Waals surface area contributed by atoms with Crippen molar-refractivity contribution >= 4 is 36.4 Å². The van der Waals surface area contributed by atoms with Crippen molar-refractivity contribution < 1.29 is 23.9 Å². The number of nitrogens with zero attached hydrogens (tertiary/aromatic N) is 1. The van der Waals surface area contributed by atoms with Crippen LogP contribution < -0.4 is 26.0 Å². The fourth-order valence-corrected chi connectivity index (χ4v) is 7.17. The Labute approximate surface area is 283 Å². The minimum absolute atomic E-state index is 0.0107. The quantitative estimate of drug-likeness (QED) is 0.309. The molecule has 0 radical (unpaired) electrons. The van der Waals surface area contributed by atoms with Gasteiger partial charge in [-0.05, 0) is 86.6 Å². The van der Waals surface area contributed by atoms with Crippen molar-refractivity contribution in [2.24, 2.45) is 5.92 Å². The molecule has 2 fully saturated rings.